The zero-order chi connectivity index (χ0) is 12.5. The van der Waals surface area contributed by atoms with Crippen LogP contribution < -0.4 is 5.32 Å². The van der Waals surface area contributed by atoms with E-state index in [4.69, 9.17) is 0 Å². The van der Waals surface area contributed by atoms with Crippen molar-refractivity contribution in [3.63, 3.8) is 0 Å². The average Bonchev–Trinajstić information content (AvgIpc) is 2.63. The Morgan fingerprint density at radius 2 is 1.94 bits per heavy atom. The van der Waals surface area contributed by atoms with Crippen LogP contribution in [0, 0.1) is 11.3 Å². The van der Waals surface area contributed by atoms with Gasteiger partial charge in [-0.25, -0.2) is 0 Å². The lowest BCUT2D eigenvalue weighted by atomic mass is 9.75. The molecule has 1 fully saturated rings. The van der Waals surface area contributed by atoms with Gasteiger partial charge in [0.05, 0.1) is 0 Å². The summed E-state index contributed by atoms with van der Waals surface area (Å²) >= 11 is 3.50. The highest BCUT2D eigenvalue weighted by atomic mass is 79.9. The Morgan fingerprint density at radius 3 is 2.41 bits per heavy atom. The molecular formula is C15H22BrN. The molecule has 2 unspecified atom stereocenters. The van der Waals surface area contributed by atoms with Gasteiger partial charge in [0, 0.05) is 10.5 Å². The van der Waals surface area contributed by atoms with Gasteiger partial charge in [-0.1, -0.05) is 48.3 Å². The van der Waals surface area contributed by atoms with E-state index >= 15 is 0 Å². The third-order valence-electron chi connectivity index (χ3n) is 4.28. The van der Waals surface area contributed by atoms with Crippen molar-refractivity contribution in [3.8, 4) is 0 Å². The molecule has 2 atom stereocenters. The molecule has 0 bridgehead atoms. The summed E-state index contributed by atoms with van der Waals surface area (Å²) in [7, 11) is 2.08. The molecule has 1 aromatic carbocycles. The van der Waals surface area contributed by atoms with Crippen molar-refractivity contribution in [2.45, 2.75) is 39.2 Å². The van der Waals surface area contributed by atoms with Gasteiger partial charge in [-0.2, -0.15) is 0 Å². The Bertz CT molecular complexity index is 369. The SMILES string of the molecule is CNC(c1ccc(Br)cc1)C1CCCC1(C)C. The number of hydrogen-bond donors (Lipinski definition) is 1. The summed E-state index contributed by atoms with van der Waals surface area (Å²) < 4.78 is 1.15. The number of nitrogens with one attached hydrogen (secondary N) is 1. The Hall–Kier alpha value is -0.340. The first-order valence-corrected chi connectivity index (χ1v) is 7.26. The first-order valence-electron chi connectivity index (χ1n) is 6.47. The van der Waals surface area contributed by atoms with Crippen LogP contribution in [-0.4, -0.2) is 7.05 Å². The van der Waals surface area contributed by atoms with Crippen molar-refractivity contribution in [1.82, 2.24) is 5.32 Å². The van der Waals surface area contributed by atoms with Crippen LogP contribution in [0.3, 0.4) is 0 Å². The molecule has 1 aliphatic carbocycles. The summed E-state index contributed by atoms with van der Waals surface area (Å²) in [6.07, 6.45) is 4.06. The summed E-state index contributed by atoms with van der Waals surface area (Å²) in [6.45, 7) is 4.82. The number of rotatable bonds is 3. The topological polar surface area (TPSA) is 12.0 Å². The molecule has 1 nitrogen and oxygen atoms in total. The van der Waals surface area contributed by atoms with Gasteiger partial charge in [0.25, 0.3) is 0 Å². The van der Waals surface area contributed by atoms with Crippen molar-refractivity contribution in [2.75, 3.05) is 7.05 Å². The second-order valence-electron chi connectivity index (χ2n) is 5.81. The predicted molar refractivity (Wildman–Crippen MR) is 77.1 cm³/mol. The van der Waals surface area contributed by atoms with Gasteiger partial charge in [-0.3, -0.25) is 0 Å². The molecule has 0 saturated heterocycles. The largest absolute Gasteiger partial charge is 0.313 e. The molecule has 0 spiro atoms. The molecule has 94 valence electrons. The van der Waals surface area contributed by atoms with Crippen LogP contribution in [0.15, 0.2) is 28.7 Å². The lowest BCUT2D eigenvalue weighted by Gasteiger charge is -2.34. The molecule has 17 heavy (non-hydrogen) atoms. The fourth-order valence-corrected chi connectivity index (χ4v) is 3.51. The van der Waals surface area contributed by atoms with E-state index in [0.717, 1.165) is 10.4 Å². The van der Waals surface area contributed by atoms with Gasteiger partial charge in [0.2, 0.25) is 0 Å². The molecule has 2 heteroatoms. The van der Waals surface area contributed by atoms with Crippen LogP contribution in [0.5, 0.6) is 0 Å². The van der Waals surface area contributed by atoms with Crippen molar-refractivity contribution in [3.05, 3.63) is 34.3 Å². The zero-order valence-electron chi connectivity index (χ0n) is 11.0. The van der Waals surface area contributed by atoms with E-state index < -0.39 is 0 Å². The Labute approximate surface area is 113 Å². The number of benzene rings is 1. The lowest BCUT2D eigenvalue weighted by Crippen LogP contribution is -2.31. The molecule has 1 aromatic rings. The van der Waals surface area contributed by atoms with Gasteiger partial charge < -0.3 is 5.32 Å². The summed E-state index contributed by atoms with van der Waals surface area (Å²) in [6, 6.07) is 9.24. The number of halogens is 1. The Balaban J connectivity index is 2.24. The monoisotopic (exact) mass is 295 g/mol. The van der Waals surface area contributed by atoms with E-state index in [-0.39, 0.29) is 0 Å². The summed E-state index contributed by atoms with van der Waals surface area (Å²) in [4.78, 5) is 0. The molecule has 1 saturated carbocycles. The van der Waals surface area contributed by atoms with E-state index in [9.17, 15) is 0 Å². The fourth-order valence-electron chi connectivity index (χ4n) is 3.24. The van der Waals surface area contributed by atoms with Crippen molar-refractivity contribution >= 4 is 15.9 Å². The van der Waals surface area contributed by atoms with E-state index in [2.05, 4.69) is 66.4 Å². The van der Waals surface area contributed by atoms with Crippen LogP contribution in [0.4, 0.5) is 0 Å². The maximum atomic E-state index is 3.52. The third-order valence-corrected chi connectivity index (χ3v) is 4.81. The predicted octanol–water partition coefficient (Wildman–Crippen LogP) is 4.54. The zero-order valence-corrected chi connectivity index (χ0v) is 12.5. The van der Waals surface area contributed by atoms with Crippen molar-refractivity contribution in [1.29, 1.82) is 0 Å². The van der Waals surface area contributed by atoms with Crippen molar-refractivity contribution in [2.24, 2.45) is 11.3 Å². The summed E-state index contributed by atoms with van der Waals surface area (Å²) in [5.41, 5.74) is 1.87. The quantitative estimate of drug-likeness (QED) is 0.863. The summed E-state index contributed by atoms with van der Waals surface area (Å²) in [5.74, 6) is 0.744. The van der Waals surface area contributed by atoms with Gasteiger partial charge in [0.1, 0.15) is 0 Å². The standard InChI is InChI=1S/C15H22BrN/c1-15(2)10-4-5-13(15)14(17-3)11-6-8-12(16)9-7-11/h6-9,13-14,17H,4-5,10H2,1-3H3. The Morgan fingerprint density at radius 1 is 1.29 bits per heavy atom. The van der Waals surface area contributed by atoms with Crippen molar-refractivity contribution < 1.29 is 0 Å². The second-order valence-corrected chi connectivity index (χ2v) is 6.72. The minimum absolute atomic E-state index is 0.459. The van der Waals surface area contributed by atoms with E-state index in [1.165, 1.54) is 24.8 Å². The highest BCUT2D eigenvalue weighted by Gasteiger charge is 2.39. The average molecular weight is 296 g/mol. The molecule has 1 aliphatic rings. The highest BCUT2D eigenvalue weighted by Crippen LogP contribution is 2.48. The van der Waals surface area contributed by atoms with Gasteiger partial charge in [0.15, 0.2) is 0 Å². The lowest BCUT2D eigenvalue weighted by molar-refractivity contribution is 0.203. The van der Waals surface area contributed by atoms with Crippen LogP contribution in [-0.2, 0) is 0 Å². The molecule has 2 rings (SSSR count). The second kappa shape index (κ2) is 5.11. The van der Waals surface area contributed by atoms with Crippen LogP contribution in [0.2, 0.25) is 0 Å². The van der Waals surface area contributed by atoms with Gasteiger partial charge >= 0.3 is 0 Å². The molecular weight excluding hydrogens is 274 g/mol. The van der Waals surface area contributed by atoms with E-state index in [0.29, 0.717) is 11.5 Å². The molecule has 0 aliphatic heterocycles. The molecule has 0 amide bonds. The molecule has 1 N–H and O–H groups in total. The fraction of sp³-hybridized carbons (Fsp3) is 0.600. The van der Waals surface area contributed by atoms with E-state index in [1.807, 2.05) is 0 Å². The first-order chi connectivity index (χ1) is 8.04. The van der Waals surface area contributed by atoms with Crippen LogP contribution in [0.25, 0.3) is 0 Å². The summed E-state index contributed by atoms with van der Waals surface area (Å²) in [5, 5.41) is 3.52. The van der Waals surface area contributed by atoms with E-state index in [1.54, 1.807) is 0 Å². The van der Waals surface area contributed by atoms with Gasteiger partial charge in [-0.15, -0.1) is 0 Å². The maximum Gasteiger partial charge on any atom is 0.0351 e. The van der Waals surface area contributed by atoms with Crippen LogP contribution >= 0.6 is 15.9 Å². The number of hydrogen-bond acceptors (Lipinski definition) is 1. The Kier molecular flexibility index (Phi) is 3.94. The molecule has 0 radical (unpaired) electrons. The minimum Gasteiger partial charge on any atom is -0.313 e. The van der Waals surface area contributed by atoms with Crippen LogP contribution in [0.1, 0.15) is 44.7 Å². The smallest absolute Gasteiger partial charge is 0.0351 e. The molecule has 0 aromatic heterocycles. The third kappa shape index (κ3) is 2.74. The highest BCUT2D eigenvalue weighted by molar-refractivity contribution is 9.10. The normalized spacial score (nSPS) is 24.8. The minimum atomic E-state index is 0.459. The maximum absolute atomic E-state index is 3.52. The van der Waals surface area contributed by atoms with Gasteiger partial charge in [-0.05, 0) is 48.9 Å². The molecule has 0 heterocycles. The first kappa shape index (κ1) is 13.1.